The van der Waals surface area contributed by atoms with Crippen molar-refractivity contribution >= 4 is 5.97 Å². The number of methoxy groups -OCH3 is 1. The van der Waals surface area contributed by atoms with E-state index in [9.17, 15) is 9.90 Å². The van der Waals surface area contributed by atoms with Crippen LogP contribution in [0.4, 0.5) is 0 Å². The lowest BCUT2D eigenvalue weighted by atomic mass is 10.0. The number of rotatable bonds is 3. The Kier molecular flexibility index (Phi) is 3.88. The Labute approximate surface area is 79.3 Å². The quantitative estimate of drug-likeness (QED) is 0.627. The molecule has 0 aliphatic rings. The van der Waals surface area contributed by atoms with Gasteiger partial charge in [0.2, 0.25) is 0 Å². The van der Waals surface area contributed by atoms with Crippen molar-refractivity contribution in [1.29, 1.82) is 0 Å². The average molecular weight is 189 g/mol. The van der Waals surface area contributed by atoms with E-state index < -0.39 is 11.6 Å². The molecule has 0 radical (unpaired) electrons. The third kappa shape index (κ3) is 4.85. The second-order valence-electron chi connectivity index (χ2n) is 4.37. The van der Waals surface area contributed by atoms with Crippen LogP contribution in [0.15, 0.2) is 0 Å². The predicted octanol–water partition coefficient (Wildman–Crippen LogP) is 0.298. The molecule has 0 amide bonds. The van der Waals surface area contributed by atoms with Gasteiger partial charge in [-0.15, -0.1) is 0 Å². The van der Waals surface area contributed by atoms with E-state index in [0.717, 1.165) is 0 Å². The zero-order valence-corrected chi connectivity index (χ0v) is 8.97. The Morgan fingerprint density at radius 1 is 1.38 bits per heavy atom. The average Bonchev–Trinajstić information content (AvgIpc) is 1.98. The molecule has 78 valence electrons. The summed E-state index contributed by atoms with van der Waals surface area (Å²) in [6.07, 6.45) is 0. The summed E-state index contributed by atoms with van der Waals surface area (Å²) in [6, 6.07) is 0. The number of ether oxygens (including phenoxy) is 1. The van der Waals surface area contributed by atoms with Gasteiger partial charge in [-0.3, -0.25) is 0 Å². The van der Waals surface area contributed by atoms with E-state index in [1.165, 1.54) is 14.0 Å². The fourth-order valence-electron chi connectivity index (χ4n) is 0.729. The number of carbonyl (C=O) groups is 1. The first-order valence-electron chi connectivity index (χ1n) is 4.25. The summed E-state index contributed by atoms with van der Waals surface area (Å²) < 4.78 is 4.45. The number of β-amino-alcohol motifs (C(OH)–C–C–N with tert-alkyl or cyclic N) is 1. The van der Waals surface area contributed by atoms with Crippen LogP contribution in [0.25, 0.3) is 0 Å². The lowest BCUT2D eigenvalue weighted by molar-refractivity contribution is -0.160. The second-order valence-corrected chi connectivity index (χ2v) is 4.37. The molecule has 0 aromatic heterocycles. The van der Waals surface area contributed by atoms with Crippen LogP contribution >= 0.6 is 0 Å². The Balaban J connectivity index is 4.11. The minimum Gasteiger partial charge on any atom is -0.467 e. The summed E-state index contributed by atoms with van der Waals surface area (Å²) >= 11 is 0. The highest BCUT2D eigenvalue weighted by Gasteiger charge is 2.32. The molecule has 0 bridgehead atoms. The standard InChI is InChI=1S/C9H19NO3/c1-8(2,3)10-6-9(4,12)7(11)13-5/h10,12H,6H2,1-5H3. The van der Waals surface area contributed by atoms with Gasteiger partial charge in [0.1, 0.15) is 0 Å². The molecule has 0 aliphatic heterocycles. The largest absolute Gasteiger partial charge is 0.467 e. The Morgan fingerprint density at radius 3 is 2.15 bits per heavy atom. The van der Waals surface area contributed by atoms with Gasteiger partial charge < -0.3 is 15.2 Å². The van der Waals surface area contributed by atoms with Gasteiger partial charge in [0.05, 0.1) is 7.11 Å². The topological polar surface area (TPSA) is 58.6 Å². The summed E-state index contributed by atoms with van der Waals surface area (Å²) in [5.41, 5.74) is -1.58. The third-order valence-electron chi connectivity index (χ3n) is 1.59. The number of aliphatic hydroxyl groups is 1. The van der Waals surface area contributed by atoms with Crippen LogP contribution in [0.2, 0.25) is 0 Å². The third-order valence-corrected chi connectivity index (χ3v) is 1.59. The molecule has 0 saturated carbocycles. The molecule has 0 fully saturated rings. The highest BCUT2D eigenvalue weighted by atomic mass is 16.5. The number of carbonyl (C=O) groups excluding carboxylic acids is 1. The fraction of sp³-hybridized carbons (Fsp3) is 0.889. The zero-order valence-electron chi connectivity index (χ0n) is 8.97. The van der Waals surface area contributed by atoms with Gasteiger partial charge in [-0.25, -0.2) is 4.79 Å². The number of esters is 1. The summed E-state index contributed by atoms with van der Waals surface area (Å²) in [6.45, 7) is 7.49. The van der Waals surface area contributed by atoms with Gasteiger partial charge in [0.25, 0.3) is 0 Å². The summed E-state index contributed by atoms with van der Waals surface area (Å²) in [5, 5.41) is 12.6. The molecule has 1 atom stereocenters. The molecular formula is C9H19NO3. The Bertz CT molecular complexity index is 182. The molecule has 4 nitrogen and oxygen atoms in total. The molecule has 0 heterocycles. The molecule has 13 heavy (non-hydrogen) atoms. The molecule has 2 N–H and O–H groups in total. The van der Waals surface area contributed by atoms with Crippen molar-refractivity contribution in [3.63, 3.8) is 0 Å². The molecule has 0 saturated heterocycles. The van der Waals surface area contributed by atoms with Crippen LogP contribution in [0.3, 0.4) is 0 Å². The molecular weight excluding hydrogens is 170 g/mol. The highest BCUT2D eigenvalue weighted by Crippen LogP contribution is 2.07. The minimum atomic E-state index is -1.46. The maximum atomic E-state index is 11.0. The Morgan fingerprint density at radius 2 is 1.85 bits per heavy atom. The van der Waals surface area contributed by atoms with Crippen molar-refractivity contribution in [1.82, 2.24) is 5.32 Å². The SMILES string of the molecule is COC(=O)C(C)(O)CNC(C)(C)C. The van der Waals surface area contributed by atoms with Crippen molar-refractivity contribution in [2.24, 2.45) is 0 Å². The van der Waals surface area contributed by atoms with E-state index in [-0.39, 0.29) is 12.1 Å². The number of hydrogen-bond acceptors (Lipinski definition) is 4. The smallest absolute Gasteiger partial charge is 0.338 e. The van der Waals surface area contributed by atoms with Gasteiger partial charge in [-0.2, -0.15) is 0 Å². The van der Waals surface area contributed by atoms with Crippen molar-refractivity contribution in [3.8, 4) is 0 Å². The maximum Gasteiger partial charge on any atom is 0.338 e. The van der Waals surface area contributed by atoms with Crippen molar-refractivity contribution in [2.45, 2.75) is 38.8 Å². The lowest BCUT2D eigenvalue weighted by Crippen LogP contribution is -2.50. The molecule has 0 rings (SSSR count). The van der Waals surface area contributed by atoms with Crippen LogP contribution in [0.1, 0.15) is 27.7 Å². The normalized spacial score (nSPS) is 16.5. The first kappa shape index (κ1) is 12.4. The van der Waals surface area contributed by atoms with Crippen molar-refractivity contribution in [3.05, 3.63) is 0 Å². The predicted molar refractivity (Wildman–Crippen MR) is 50.4 cm³/mol. The summed E-state index contributed by atoms with van der Waals surface area (Å²) in [7, 11) is 1.26. The van der Waals surface area contributed by atoms with E-state index in [1.54, 1.807) is 0 Å². The fourth-order valence-corrected chi connectivity index (χ4v) is 0.729. The first-order valence-corrected chi connectivity index (χ1v) is 4.25. The summed E-state index contributed by atoms with van der Waals surface area (Å²) in [5.74, 6) is -0.621. The molecule has 0 aromatic rings. The summed E-state index contributed by atoms with van der Waals surface area (Å²) in [4.78, 5) is 11.0. The Hall–Kier alpha value is -0.610. The van der Waals surface area contributed by atoms with Gasteiger partial charge >= 0.3 is 5.97 Å². The van der Waals surface area contributed by atoms with E-state index in [2.05, 4.69) is 10.1 Å². The van der Waals surface area contributed by atoms with Crippen molar-refractivity contribution < 1.29 is 14.6 Å². The second kappa shape index (κ2) is 4.07. The van der Waals surface area contributed by atoms with E-state index >= 15 is 0 Å². The van der Waals surface area contributed by atoms with Gasteiger partial charge in [-0.05, 0) is 27.7 Å². The molecule has 1 unspecified atom stereocenters. The lowest BCUT2D eigenvalue weighted by Gasteiger charge is -2.27. The monoisotopic (exact) mass is 189 g/mol. The van der Waals surface area contributed by atoms with Crippen LogP contribution in [0, 0.1) is 0 Å². The molecule has 0 spiro atoms. The van der Waals surface area contributed by atoms with Crippen molar-refractivity contribution in [2.75, 3.05) is 13.7 Å². The van der Waals surface area contributed by atoms with Gasteiger partial charge in [-0.1, -0.05) is 0 Å². The van der Waals surface area contributed by atoms with Gasteiger partial charge in [0.15, 0.2) is 5.60 Å². The minimum absolute atomic E-state index is 0.127. The van der Waals surface area contributed by atoms with Crippen LogP contribution in [-0.4, -0.2) is 35.9 Å². The van der Waals surface area contributed by atoms with E-state index in [0.29, 0.717) is 0 Å². The van der Waals surface area contributed by atoms with Gasteiger partial charge in [0, 0.05) is 12.1 Å². The van der Waals surface area contributed by atoms with E-state index in [1.807, 2.05) is 20.8 Å². The van der Waals surface area contributed by atoms with Crippen LogP contribution < -0.4 is 5.32 Å². The maximum absolute atomic E-state index is 11.0. The number of hydrogen-bond donors (Lipinski definition) is 2. The molecule has 0 aromatic carbocycles. The first-order chi connectivity index (χ1) is 5.69. The van der Waals surface area contributed by atoms with Crippen LogP contribution in [0.5, 0.6) is 0 Å². The van der Waals surface area contributed by atoms with E-state index in [4.69, 9.17) is 0 Å². The number of nitrogens with one attached hydrogen (secondary N) is 1. The molecule has 4 heteroatoms. The highest BCUT2D eigenvalue weighted by molar-refractivity contribution is 5.78. The van der Waals surface area contributed by atoms with Crippen LogP contribution in [-0.2, 0) is 9.53 Å². The zero-order chi connectivity index (χ0) is 10.7. The molecule has 0 aliphatic carbocycles.